The molecule has 0 heterocycles. The SMILES string of the molecule is C=CCC(OCC)(C(=O)NCc1ccc(C)cc1)c1ccccc1. The van der Waals surface area contributed by atoms with Gasteiger partial charge in [-0.05, 0) is 25.0 Å². The van der Waals surface area contributed by atoms with E-state index in [2.05, 4.69) is 11.9 Å². The summed E-state index contributed by atoms with van der Waals surface area (Å²) in [6, 6.07) is 17.7. The number of amides is 1. The van der Waals surface area contributed by atoms with Gasteiger partial charge < -0.3 is 10.1 Å². The van der Waals surface area contributed by atoms with E-state index < -0.39 is 5.60 Å². The van der Waals surface area contributed by atoms with Crippen molar-refractivity contribution in [2.45, 2.75) is 32.4 Å². The summed E-state index contributed by atoms with van der Waals surface area (Å²) in [5.41, 5.74) is 2.06. The van der Waals surface area contributed by atoms with Gasteiger partial charge in [0.15, 0.2) is 5.60 Å². The van der Waals surface area contributed by atoms with Crippen LogP contribution in [0.5, 0.6) is 0 Å². The molecule has 1 unspecified atom stereocenters. The fraction of sp³-hybridized carbons (Fsp3) is 0.286. The Kier molecular flexibility index (Phi) is 6.33. The minimum Gasteiger partial charge on any atom is -0.360 e. The van der Waals surface area contributed by atoms with Crippen LogP contribution in [0.1, 0.15) is 30.0 Å². The number of aryl methyl sites for hydroxylation is 1. The van der Waals surface area contributed by atoms with Crippen LogP contribution in [0.25, 0.3) is 0 Å². The molecule has 3 heteroatoms. The van der Waals surface area contributed by atoms with Crippen LogP contribution in [0.15, 0.2) is 67.3 Å². The number of rotatable bonds is 8. The second-order valence-electron chi connectivity index (χ2n) is 5.79. The first-order valence-corrected chi connectivity index (χ1v) is 8.26. The van der Waals surface area contributed by atoms with E-state index in [0.29, 0.717) is 19.6 Å². The molecule has 2 rings (SSSR count). The third kappa shape index (κ3) is 4.12. The average molecular weight is 323 g/mol. The van der Waals surface area contributed by atoms with Crippen LogP contribution in [0, 0.1) is 6.92 Å². The molecule has 0 saturated carbocycles. The highest BCUT2D eigenvalue weighted by Crippen LogP contribution is 2.30. The van der Waals surface area contributed by atoms with Gasteiger partial charge in [0.05, 0.1) is 0 Å². The highest BCUT2D eigenvalue weighted by Gasteiger charge is 2.39. The van der Waals surface area contributed by atoms with Gasteiger partial charge in [-0.2, -0.15) is 0 Å². The van der Waals surface area contributed by atoms with Gasteiger partial charge in [0.2, 0.25) is 0 Å². The minimum absolute atomic E-state index is 0.143. The zero-order valence-corrected chi connectivity index (χ0v) is 14.4. The van der Waals surface area contributed by atoms with E-state index in [1.165, 1.54) is 5.56 Å². The van der Waals surface area contributed by atoms with Crippen molar-refractivity contribution < 1.29 is 9.53 Å². The van der Waals surface area contributed by atoms with Crippen molar-refractivity contribution in [3.63, 3.8) is 0 Å². The molecule has 1 atom stereocenters. The molecule has 1 amide bonds. The summed E-state index contributed by atoms with van der Waals surface area (Å²) in [6.07, 6.45) is 2.15. The molecule has 2 aromatic carbocycles. The van der Waals surface area contributed by atoms with Gasteiger partial charge in [-0.1, -0.05) is 66.2 Å². The Morgan fingerprint density at radius 1 is 1.17 bits per heavy atom. The van der Waals surface area contributed by atoms with Crippen LogP contribution < -0.4 is 5.32 Å². The second-order valence-corrected chi connectivity index (χ2v) is 5.79. The maximum atomic E-state index is 13.0. The lowest BCUT2D eigenvalue weighted by Crippen LogP contribution is -2.46. The lowest BCUT2D eigenvalue weighted by molar-refractivity contribution is -0.148. The van der Waals surface area contributed by atoms with Gasteiger partial charge >= 0.3 is 0 Å². The minimum atomic E-state index is -1.04. The maximum Gasteiger partial charge on any atom is 0.257 e. The van der Waals surface area contributed by atoms with E-state index in [0.717, 1.165) is 11.1 Å². The molecule has 0 bridgehead atoms. The smallest absolute Gasteiger partial charge is 0.257 e. The Morgan fingerprint density at radius 3 is 2.42 bits per heavy atom. The molecule has 0 radical (unpaired) electrons. The quantitative estimate of drug-likeness (QED) is 0.742. The molecule has 3 nitrogen and oxygen atoms in total. The van der Waals surface area contributed by atoms with Crippen LogP contribution in [0.2, 0.25) is 0 Å². The third-order valence-electron chi connectivity index (χ3n) is 4.00. The molecule has 0 fully saturated rings. The molecule has 2 aromatic rings. The van der Waals surface area contributed by atoms with E-state index in [1.54, 1.807) is 6.08 Å². The fourth-order valence-corrected chi connectivity index (χ4v) is 2.74. The van der Waals surface area contributed by atoms with E-state index in [1.807, 2.05) is 68.4 Å². The lowest BCUT2D eigenvalue weighted by atomic mass is 9.89. The summed E-state index contributed by atoms with van der Waals surface area (Å²) in [4.78, 5) is 13.0. The predicted molar refractivity (Wildman–Crippen MR) is 97.6 cm³/mol. The summed E-state index contributed by atoms with van der Waals surface area (Å²) in [6.45, 7) is 8.66. The summed E-state index contributed by atoms with van der Waals surface area (Å²) in [5.74, 6) is -0.143. The number of ether oxygens (including phenoxy) is 1. The zero-order valence-electron chi connectivity index (χ0n) is 14.4. The van der Waals surface area contributed by atoms with E-state index >= 15 is 0 Å². The normalized spacial score (nSPS) is 13.1. The van der Waals surface area contributed by atoms with Crippen LogP contribution in [0.3, 0.4) is 0 Å². The van der Waals surface area contributed by atoms with E-state index in [4.69, 9.17) is 4.74 Å². The van der Waals surface area contributed by atoms with Crippen molar-refractivity contribution in [3.05, 3.63) is 83.9 Å². The average Bonchev–Trinajstić information content (AvgIpc) is 2.61. The van der Waals surface area contributed by atoms with Crippen molar-refractivity contribution in [3.8, 4) is 0 Å². The van der Waals surface area contributed by atoms with Crippen LogP contribution in [0.4, 0.5) is 0 Å². The first kappa shape index (κ1) is 18.0. The summed E-state index contributed by atoms with van der Waals surface area (Å²) in [7, 11) is 0. The van der Waals surface area contributed by atoms with Crippen molar-refractivity contribution in [1.29, 1.82) is 0 Å². The Bertz CT molecular complexity index is 664. The lowest BCUT2D eigenvalue weighted by Gasteiger charge is -2.32. The number of nitrogens with one attached hydrogen (secondary N) is 1. The van der Waals surface area contributed by atoms with Crippen LogP contribution >= 0.6 is 0 Å². The molecule has 0 aliphatic rings. The number of hydrogen-bond donors (Lipinski definition) is 1. The van der Waals surface area contributed by atoms with E-state index in [9.17, 15) is 4.79 Å². The molecule has 0 aromatic heterocycles. The number of carbonyl (C=O) groups excluding carboxylic acids is 1. The van der Waals surface area contributed by atoms with Gasteiger partial charge in [0, 0.05) is 19.6 Å². The monoisotopic (exact) mass is 323 g/mol. The number of benzene rings is 2. The first-order valence-electron chi connectivity index (χ1n) is 8.26. The third-order valence-corrected chi connectivity index (χ3v) is 4.00. The standard InChI is InChI=1S/C21H25NO2/c1-4-15-21(24-5-2,19-9-7-6-8-10-19)20(23)22-16-18-13-11-17(3)12-14-18/h4,6-14H,1,5,15-16H2,2-3H3,(H,22,23). The molecule has 0 saturated heterocycles. The van der Waals surface area contributed by atoms with Crippen molar-refractivity contribution in [1.82, 2.24) is 5.32 Å². The van der Waals surface area contributed by atoms with Gasteiger partial charge in [-0.25, -0.2) is 0 Å². The van der Waals surface area contributed by atoms with Crippen molar-refractivity contribution in [2.24, 2.45) is 0 Å². The molecule has 0 aliphatic carbocycles. The zero-order chi connectivity index (χ0) is 17.4. The predicted octanol–water partition coefficient (Wildman–Crippen LogP) is 4.12. The van der Waals surface area contributed by atoms with E-state index in [-0.39, 0.29) is 5.91 Å². The van der Waals surface area contributed by atoms with Crippen molar-refractivity contribution >= 4 is 5.91 Å². The van der Waals surface area contributed by atoms with Crippen LogP contribution in [-0.2, 0) is 21.7 Å². The Balaban J connectivity index is 2.23. The molecule has 1 N–H and O–H groups in total. The highest BCUT2D eigenvalue weighted by atomic mass is 16.5. The number of carbonyl (C=O) groups is 1. The second kappa shape index (κ2) is 8.46. The van der Waals surface area contributed by atoms with Gasteiger partial charge in [0.1, 0.15) is 0 Å². The summed E-state index contributed by atoms with van der Waals surface area (Å²) >= 11 is 0. The molecule has 0 aliphatic heterocycles. The van der Waals surface area contributed by atoms with Crippen LogP contribution in [-0.4, -0.2) is 12.5 Å². The maximum absolute atomic E-state index is 13.0. The molecular formula is C21H25NO2. The molecule has 0 spiro atoms. The van der Waals surface area contributed by atoms with Gasteiger partial charge in [0.25, 0.3) is 5.91 Å². The Morgan fingerprint density at radius 2 is 1.83 bits per heavy atom. The van der Waals surface area contributed by atoms with Gasteiger partial charge in [-0.15, -0.1) is 6.58 Å². The summed E-state index contributed by atoms with van der Waals surface area (Å²) < 4.78 is 5.94. The number of hydrogen-bond acceptors (Lipinski definition) is 2. The topological polar surface area (TPSA) is 38.3 Å². The Hall–Kier alpha value is -2.39. The Labute approximate surface area is 144 Å². The largest absolute Gasteiger partial charge is 0.360 e. The molecular weight excluding hydrogens is 298 g/mol. The molecule has 24 heavy (non-hydrogen) atoms. The molecule has 126 valence electrons. The summed E-state index contributed by atoms with van der Waals surface area (Å²) in [5, 5.41) is 3.02. The first-order chi connectivity index (χ1) is 11.6. The van der Waals surface area contributed by atoms with Gasteiger partial charge in [-0.3, -0.25) is 4.79 Å². The highest BCUT2D eigenvalue weighted by molar-refractivity contribution is 5.86. The van der Waals surface area contributed by atoms with Crippen molar-refractivity contribution in [2.75, 3.05) is 6.61 Å². The fourth-order valence-electron chi connectivity index (χ4n) is 2.74.